The molecule has 0 spiro atoms. The molecule has 0 unspecified atom stereocenters. The zero-order chi connectivity index (χ0) is 7.86. The fourth-order valence-electron chi connectivity index (χ4n) is 0. The third-order valence-corrected chi connectivity index (χ3v) is 0.298. The first-order valence-corrected chi connectivity index (χ1v) is 2.29. The summed E-state index contributed by atoms with van der Waals surface area (Å²) in [7, 11) is 0. The maximum Gasteiger partial charge on any atom is 0.110 e. The number of rotatable bonds is 1. The molecule has 56 valence electrons. The average molecular weight is 138 g/mol. The smallest absolute Gasteiger partial charge is 0.110 e. The molecule has 0 amide bonds. The Hall–Kier alpha value is -0.880. The third kappa shape index (κ3) is 149. The fraction of sp³-hybridized carbons (Fsp3) is 1.00. The van der Waals surface area contributed by atoms with Crippen LogP contribution in [0.4, 0.5) is 0 Å². The minimum Gasteiger partial charge on any atom is -0.356 e. The van der Waals surface area contributed by atoms with E-state index in [1.165, 1.54) is 5.48 Å². The van der Waals surface area contributed by atoms with Gasteiger partial charge in [0, 0.05) is 0 Å². The van der Waals surface area contributed by atoms with Crippen LogP contribution in [0.25, 0.3) is 0 Å². The summed E-state index contributed by atoms with van der Waals surface area (Å²) >= 11 is 0. The molecule has 3 N–H and O–H groups in total. The minimum atomic E-state index is -1.75. The van der Waals surface area contributed by atoms with Crippen molar-refractivity contribution >= 4 is 0 Å². The second-order valence-electron chi connectivity index (χ2n) is 1.62. The van der Waals surface area contributed by atoms with Crippen LogP contribution >= 0.6 is 0 Å². The summed E-state index contributed by atoms with van der Waals surface area (Å²) in [5, 5.41) is 22.8. The Kier molecular flexibility index (Phi) is 8.69. The SMILES string of the molecule is CC(C)[NH2+]O.O=[N+]([O-])[O-]. The van der Waals surface area contributed by atoms with Gasteiger partial charge in [-0.05, 0) is 13.8 Å². The van der Waals surface area contributed by atoms with E-state index in [1.54, 1.807) is 0 Å². The van der Waals surface area contributed by atoms with Crippen LogP contribution in [0.1, 0.15) is 13.8 Å². The lowest BCUT2D eigenvalue weighted by molar-refractivity contribution is -0.906. The van der Waals surface area contributed by atoms with Crippen molar-refractivity contribution in [1.29, 1.82) is 0 Å². The predicted octanol–water partition coefficient (Wildman–Crippen LogP) is -0.892. The minimum absolute atomic E-state index is 0.315. The van der Waals surface area contributed by atoms with Crippen molar-refractivity contribution in [2.24, 2.45) is 0 Å². The second-order valence-corrected chi connectivity index (χ2v) is 1.62. The van der Waals surface area contributed by atoms with Gasteiger partial charge in [-0.3, -0.25) is 0 Å². The van der Waals surface area contributed by atoms with Gasteiger partial charge in [-0.2, -0.15) is 0 Å². The number of hydroxylamine groups is 1. The zero-order valence-electron chi connectivity index (χ0n) is 5.27. The normalized spacial score (nSPS) is 8.00. The van der Waals surface area contributed by atoms with Crippen LogP contribution in [-0.2, 0) is 0 Å². The van der Waals surface area contributed by atoms with Crippen LogP contribution in [0, 0.1) is 15.3 Å². The quantitative estimate of drug-likeness (QED) is 0.362. The van der Waals surface area contributed by atoms with E-state index in [9.17, 15) is 0 Å². The van der Waals surface area contributed by atoms with E-state index in [4.69, 9.17) is 20.5 Å². The van der Waals surface area contributed by atoms with Crippen molar-refractivity contribution < 1.29 is 15.8 Å². The van der Waals surface area contributed by atoms with Crippen LogP contribution in [0.5, 0.6) is 0 Å². The summed E-state index contributed by atoms with van der Waals surface area (Å²) < 4.78 is 0. The summed E-state index contributed by atoms with van der Waals surface area (Å²) in [6.45, 7) is 3.83. The molecule has 0 aliphatic rings. The van der Waals surface area contributed by atoms with Gasteiger partial charge in [0.25, 0.3) is 0 Å². The summed E-state index contributed by atoms with van der Waals surface area (Å²) in [5.74, 6) is 0. The molecule has 0 atom stereocenters. The average Bonchev–Trinajstić information content (AvgIpc) is 1.65. The Morgan fingerprint density at radius 2 is 1.67 bits per heavy atom. The van der Waals surface area contributed by atoms with Crippen molar-refractivity contribution in [3.05, 3.63) is 15.3 Å². The van der Waals surface area contributed by atoms with Gasteiger partial charge in [-0.1, -0.05) is 0 Å². The predicted molar refractivity (Wildman–Crippen MR) is 29.2 cm³/mol. The molecule has 0 aromatic heterocycles. The van der Waals surface area contributed by atoms with Crippen molar-refractivity contribution in [3.63, 3.8) is 0 Å². The van der Waals surface area contributed by atoms with E-state index in [0.717, 1.165) is 0 Å². The Labute approximate surface area is 52.2 Å². The number of hydrogen-bond donors (Lipinski definition) is 2. The molecule has 6 nitrogen and oxygen atoms in total. The lowest BCUT2D eigenvalue weighted by atomic mass is 10.4. The Morgan fingerprint density at radius 1 is 1.56 bits per heavy atom. The molecule has 0 aliphatic carbocycles. The van der Waals surface area contributed by atoms with Gasteiger partial charge in [0.15, 0.2) is 0 Å². The van der Waals surface area contributed by atoms with Crippen LogP contribution in [0.3, 0.4) is 0 Å². The Morgan fingerprint density at radius 3 is 1.67 bits per heavy atom. The molecule has 0 aromatic rings. The van der Waals surface area contributed by atoms with Crippen molar-refractivity contribution in [2.45, 2.75) is 19.9 Å². The van der Waals surface area contributed by atoms with Crippen LogP contribution in [-0.4, -0.2) is 16.3 Å². The highest BCUT2D eigenvalue weighted by Gasteiger charge is 1.84. The number of hydrogen-bond acceptors (Lipinski definition) is 4. The maximum atomic E-state index is 8.25. The molecule has 0 rings (SSSR count). The highest BCUT2D eigenvalue weighted by Crippen LogP contribution is 1.55. The fourth-order valence-corrected chi connectivity index (χ4v) is 0. The van der Waals surface area contributed by atoms with Crippen molar-refractivity contribution in [1.82, 2.24) is 0 Å². The first-order chi connectivity index (χ1) is 4.00. The largest absolute Gasteiger partial charge is 0.356 e. The lowest BCUT2D eigenvalue weighted by Crippen LogP contribution is -2.85. The number of nitrogens with two attached hydrogens (primary N) is 1. The molecule has 0 aromatic carbocycles. The van der Waals surface area contributed by atoms with E-state index < -0.39 is 5.09 Å². The molecule has 9 heavy (non-hydrogen) atoms. The molecule has 0 aliphatic heterocycles. The Balaban J connectivity index is 0. The maximum absolute atomic E-state index is 8.25. The first kappa shape index (κ1) is 11.0. The van der Waals surface area contributed by atoms with Gasteiger partial charge >= 0.3 is 0 Å². The molecular weight excluding hydrogens is 128 g/mol. The van der Waals surface area contributed by atoms with Crippen molar-refractivity contribution in [3.8, 4) is 0 Å². The molecule has 0 fully saturated rings. The van der Waals surface area contributed by atoms with Crippen LogP contribution in [0.2, 0.25) is 0 Å². The second kappa shape index (κ2) is 7.12. The number of nitrogens with zero attached hydrogens (tertiary/aromatic N) is 1. The molecular formula is C3H10N2O4. The van der Waals surface area contributed by atoms with Gasteiger partial charge in [0.2, 0.25) is 0 Å². The molecule has 0 bridgehead atoms. The Bertz CT molecular complexity index is 70.2. The van der Waals surface area contributed by atoms with Gasteiger partial charge in [-0.25, -0.2) is 10.7 Å². The summed E-state index contributed by atoms with van der Waals surface area (Å²) in [6, 6.07) is 0.315. The topological polar surface area (TPSA) is 103 Å². The molecule has 0 saturated carbocycles. The third-order valence-electron chi connectivity index (χ3n) is 0.298. The molecule has 6 heteroatoms. The van der Waals surface area contributed by atoms with Crippen molar-refractivity contribution in [2.75, 3.05) is 0 Å². The van der Waals surface area contributed by atoms with Gasteiger partial charge in [-0.15, -0.1) is 0 Å². The summed E-state index contributed by atoms with van der Waals surface area (Å²) in [5.41, 5.74) is 1.17. The monoisotopic (exact) mass is 138 g/mol. The summed E-state index contributed by atoms with van der Waals surface area (Å²) in [6.07, 6.45) is 0. The molecule has 0 radical (unpaired) electrons. The van der Waals surface area contributed by atoms with Crippen LogP contribution in [0.15, 0.2) is 0 Å². The summed E-state index contributed by atoms with van der Waals surface area (Å²) in [4.78, 5) is 8.25. The standard InChI is InChI=1S/C3H9NO.NO3/c1-3(2)4-5;2-1(3)4/h3-5H,1-2H3;/q;-1/p+1. The van der Waals surface area contributed by atoms with E-state index in [2.05, 4.69) is 0 Å². The lowest BCUT2D eigenvalue weighted by Gasteiger charge is -1.88. The van der Waals surface area contributed by atoms with E-state index >= 15 is 0 Å². The van der Waals surface area contributed by atoms with E-state index in [-0.39, 0.29) is 0 Å². The van der Waals surface area contributed by atoms with Gasteiger partial charge in [0.05, 0.1) is 5.09 Å². The highest BCUT2D eigenvalue weighted by molar-refractivity contribution is 4.18. The first-order valence-electron chi connectivity index (χ1n) is 2.29. The van der Waals surface area contributed by atoms with E-state index in [1.807, 2.05) is 13.8 Å². The molecule has 0 saturated heterocycles. The van der Waals surface area contributed by atoms with E-state index in [0.29, 0.717) is 6.04 Å². The zero-order valence-corrected chi connectivity index (χ0v) is 5.27. The number of quaternary nitrogens is 1. The van der Waals surface area contributed by atoms with Gasteiger partial charge in [0.1, 0.15) is 6.04 Å². The highest BCUT2D eigenvalue weighted by atomic mass is 16.9. The van der Waals surface area contributed by atoms with Gasteiger partial charge < -0.3 is 15.3 Å². The van der Waals surface area contributed by atoms with Crippen LogP contribution < -0.4 is 5.48 Å². The molecule has 0 heterocycles.